The Kier molecular flexibility index (Phi) is 4.25. The fourth-order valence-corrected chi connectivity index (χ4v) is 2.70. The van der Waals surface area contributed by atoms with Crippen LogP contribution in [0.5, 0.6) is 0 Å². The van der Waals surface area contributed by atoms with Crippen molar-refractivity contribution in [3.05, 3.63) is 59.9 Å². The number of nitrogens with one attached hydrogen (secondary N) is 1. The zero-order valence-electron chi connectivity index (χ0n) is 12.7. The predicted molar refractivity (Wildman–Crippen MR) is 86.6 cm³/mol. The fraction of sp³-hybridized carbons (Fsp3) is 0.167. The Hall–Kier alpha value is -3.20. The van der Waals surface area contributed by atoms with E-state index in [0.717, 1.165) is 0 Å². The standard InChI is InChI=1S/C18H14FN3O2/c19-14-5-7-15(8-6-14)21-18(24)13-9-17(23)22(11-13)16-4-2-1-3-12(16)10-20/h1-8,13H,9,11H2,(H,21,24). The lowest BCUT2D eigenvalue weighted by atomic mass is 10.1. The van der Waals surface area contributed by atoms with E-state index in [1.165, 1.54) is 29.2 Å². The smallest absolute Gasteiger partial charge is 0.229 e. The molecule has 2 aromatic rings. The quantitative estimate of drug-likeness (QED) is 0.944. The molecule has 3 rings (SSSR count). The largest absolute Gasteiger partial charge is 0.326 e. The Balaban J connectivity index is 1.73. The highest BCUT2D eigenvalue weighted by Crippen LogP contribution is 2.28. The number of para-hydroxylation sites is 1. The molecule has 1 aliphatic rings. The van der Waals surface area contributed by atoms with E-state index in [0.29, 0.717) is 16.9 Å². The second-order valence-corrected chi connectivity index (χ2v) is 5.53. The van der Waals surface area contributed by atoms with Gasteiger partial charge in [0.15, 0.2) is 0 Å². The van der Waals surface area contributed by atoms with Gasteiger partial charge in [-0.05, 0) is 36.4 Å². The first-order chi connectivity index (χ1) is 11.6. The van der Waals surface area contributed by atoms with Gasteiger partial charge in [0.1, 0.15) is 11.9 Å². The Morgan fingerprint density at radius 1 is 1.21 bits per heavy atom. The molecule has 1 saturated heterocycles. The summed E-state index contributed by atoms with van der Waals surface area (Å²) in [6.07, 6.45) is 0.0762. The summed E-state index contributed by atoms with van der Waals surface area (Å²) >= 11 is 0. The lowest BCUT2D eigenvalue weighted by Crippen LogP contribution is -2.28. The van der Waals surface area contributed by atoms with E-state index >= 15 is 0 Å². The molecule has 1 N–H and O–H groups in total. The van der Waals surface area contributed by atoms with Crippen LogP contribution in [0.4, 0.5) is 15.8 Å². The van der Waals surface area contributed by atoms with Crippen molar-refractivity contribution in [3.63, 3.8) is 0 Å². The first kappa shape index (κ1) is 15.7. The van der Waals surface area contributed by atoms with Crippen molar-refractivity contribution >= 4 is 23.2 Å². The topological polar surface area (TPSA) is 73.2 Å². The van der Waals surface area contributed by atoms with Crippen LogP contribution in [-0.4, -0.2) is 18.4 Å². The van der Waals surface area contributed by atoms with Crippen LogP contribution in [0.2, 0.25) is 0 Å². The predicted octanol–water partition coefficient (Wildman–Crippen LogP) is 2.69. The van der Waals surface area contributed by atoms with Crippen molar-refractivity contribution in [2.24, 2.45) is 5.92 Å². The zero-order valence-corrected chi connectivity index (χ0v) is 12.7. The van der Waals surface area contributed by atoms with Gasteiger partial charge in [-0.1, -0.05) is 12.1 Å². The Labute approximate surface area is 138 Å². The zero-order chi connectivity index (χ0) is 17.1. The number of hydrogen-bond acceptors (Lipinski definition) is 3. The minimum absolute atomic E-state index is 0.0762. The summed E-state index contributed by atoms with van der Waals surface area (Å²) in [5.41, 5.74) is 1.39. The van der Waals surface area contributed by atoms with Crippen molar-refractivity contribution < 1.29 is 14.0 Å². The average Bonchev–Trinajstić information content (AvgIpc) is 2.98. The van der Waals surface area contributed by atoms with E-state index in [-0.39, 0.29) is 30.6 Å². The molecule has 0 aromatic heterocycles. The van der Waals surface area contributed by atoms with Crippen molar-refractivity contribution in [2.45, 2.75) is 6.42 Å². The molecule has 1 unspecified atom stereocenters. The van der Waals surface area contributed by atoms with Gasteiger partial charge in [0.05, 0.1) is 17.2 Å². The summed E-state index contributed by atoms with van der Waals surface area (Å²) in [6.45, 7) is 0.213. The summed E-state index contributed by atoms with van der Waals surface area (Å²) < 4.78 is 12.9. The molecular weight excluding hydrogens is 309 g/mol. The number of anilines is 2. The molecule has 0 radical (unpaired) electrons. The number of benzene rings is 2. The van der Waals surface area contributed by atoms with E-state index < -0.39 is 5.92 Å². The van der Waals surface area contributed by atoms with Crippen LogP contribution in [0.1, 0.15) is 12.0 Å². The van der Waals surface area contributed by atoms with Crippen LogP contribution in [-0.2, 0) is 9.59 Å². The molecule has 1 fully saturated rings. The van der Waals surface area contributed by atoms with Gasteiger partial charge in [-0.15, -0.1) is 0 Å². The van der Waals surface area contributed by atoms with Crippen LogP contribution in [0.15, 0.2) is 48.5 Å². The molecule has 24 heavy (non-hydrogen) atoms. The maximum atomic E-state index is 12.9. The molecule has 120 valence electrons. The molecule has 6 heteroatoms. The van der Waals surface area contributed by atoms with Crippen molar-refractivity contribution in [1.82, 2.24) is 0 Å². The van der Waals surface area contributed by atoms with Gasteiger partial charge in [0.25, 0.3) is 0 Å². The van der Waals surface area contributed by atoms with Gasteiger partial charge < -0.3 is 10.2 Å². The van der Waals surface area contributed by atoms with Gasteiger partial charge in [0.2, 0.25) is 11.8 Å². The number of halogens is 1. The molecule has 5 nitrogen and oxygen atoms in total. The summed E-state index contributed by atoms with van der Waals surface area (Å²) in [5.74, 6) is -1.40. The second kappa shape index (κ2) is 6.50. The molecular formula is C18H14FN3O2. The van der Waals surface area contributed by atoms with Gasteiger partial charge in [-0.2, -0.15) is 5.26 Å². The molecule has 1 aliphatic heterocycles. The maximum Gasteiger partial charge on any atom is 0.229 e. The summed E-state index contributed by atoms with van der Waals surface area (Å²) in [5, 5.41) is 11.8. The molecule has 0 bridgehead atoms. The van der Waals surface area contributed by atoms with Crippen LogP contribution in [0.3, 0.4) is 0 Å². The highest BCUT2D eigenvalue weighted by Gasteiger charge is 2.36. The summed E-state index contributed by atoms with van der Waals surface area (Å²) in [7, 11) is 0. The molecule has 2 aromatic carbocycles. The van der Waals surface area contributed by atoms with E-state index in [9.17, 15) is 14.0 Å². The fourth-order valence-electron chi connectivity index (χ4n) is 2.70. The van der Waals surface area contributed by atoms with Gasteiger partial charge in [0, 0.05) is 18.7 Å². The summed E-state index contributed by atoms with van der Waals surface area (Å²) in [6, 6.07) is 14.3. The SMILES string of the molecule is N#Cc1ccccc1N1CC(C(=O)Nc2ccc(F)cc2)CC1=O. The molecule has 1 heterocycles. The number of amides is 2. The van der Waals surface area contributed by atoms with Crippen LogP contribution < -0.4 is 10.2 Å². The lowest BCUT2D eigenvalue weighted by molar-refractivity contribution is -0.122. The van der Waals surface area contributed by atoms with E-state index in [1.54, 1.807) is 24.3 Å². The minimum atomic E-state index is -0.519. The third kappa shape index (κ3) is 3.10. The number of carbonyl (C=O) groups is 2. The van der Waals surface area contributed by atoms with E-state index in [2.05, 4.69) is 11.4 Å². The number of nitrogens with zero attached hydrogens (tertiary/aromatic N) is 2. The van der Waals surface area contributed by atoms with Crippen LogP contribution in [0, 0.1) is 23.1 Å². The Morgan fingerprint density at radius 2 is 1.92 bits per heavy atom. The van der Waals surface area contributed by atoms with Gasteiger partial charge >= 0.3 is 0 Å². The maximum absolute atomic E-state index is 12.9. The monoisotopic (exact) mass is 323 g/mol. The van der Waals surface area contributed by atoms with Crippen LogP contribution in [0.25, 0.3) is 0 Å². The third-order valence-corrected chi connectivity index (χ3v) is 3.92. The number of rotatable bonds is 3. The third-order valence-electron chi connectivity index (χ3n) is 3.92. The van der Waals surface area contributed by atoms with E-state index in [4.69, 9.17) is 5.26 Å². The van der Waals surface area contributed by atoms with Gasteiger partial charge in [-0.3, -0.25) is 9.59 Å². The highest BCUT2D eigenvalue weighted by atomic mass is 19.1. The van der Waals surface area contributed by atoms with Gasteiger partial charge in [-0.25, -0.2) is 4.39 Å². The van der Waals surface area contributed by atoms with Crippen molar-refractivity contribution in [2.75, 3.05) is 16.8 Å². The molecule has 0 aliphatic carbocycles. The molecule has 2 amide bonds. The second-order valence-electron chi connectivity index (χ2n) is 5.53. The molecule has 0 spiro atoms. The Morgan fingerprint density at radius 3 is 2.62 bits per heavy atom. The van der Waals surface area contributed by atoms with Crippen molar-refractivity contribution in [3.8, 4) is 6.07 Å². The summed E-state index contributed by atoms with van der Waals surface area (Å²) in [4.78, 5) is 26.0. The van der Waals surface area contributed by atoms with Crippen LogP contribution >= 0.6 is 0 Å². The first-order valence-electron chi connectivity index (χ1n) is 7.44. The normalized spacial score (nSPS) is 16.8. The van der Waals surface area contributed by atoms with E-state index in [1.807, 2.05) is 0 Å². The minimum Gasteiger partial charge on any atom is -0.326 e. The average molecular weight is 323 g/mol. The van der Waals surface area contributed by atoms with Crippen molar-refractivity contribution in [1.29, 1.82) is 5.26 Å². The lowest BCUT2D eigenvalue weighted by Gasteiger charge is -2.18. The molecule has 1 atom stereocenters. The number of hydrogen-bond donors (Lipinski definition) is 1. The molecule has 0 saturated carbocycles. The Bertz CT molecular complexity index is 827. The highest BCUT2D eigenvalue weighted by molar-refractivity contribution is 6.04. The number of nitriles is 1. The number of carbonyl (C=O) groups excluding carboxylic acids is 2. The first-order valence-corrected chi connectivity index (χ1v) is 7.44.